The smallest absolute Gasteiger partial charge is 0.224 e. The standard InChI is InChI=1S/C20H23N5O/c1-16-12-21-20(25(16)13-17-6-3-2-4-7-17)18-14-23(15-18)19(26)8-11-24-10-5-9-22-24/h2-7,9-10,12,18H,8,11,13-15H2,1H3. The number of nitrogens with zero attached hydrogens (tertiary/aromatic N) is 5. The molecule has 1 saturated heterocycles. The fourth-order valence-corrected chi connectivity index (χ4v) is 3.42. The van der Waals surface area contributed by atoms with Gasteiger partial charge in [0.05, 0.1) is 5.92 Å². The lowest BCUT2D eigenvalue weighted by Gasteiger charge is -2.39. The van der Waals surface area contributed by atoms with Crippen molar-refractivity contribution in [3.05, 3.63) is 72.1 Å². The number of amides is 1. The monoisotopic (exact) mass is 349 g/mol. The molecule has 4 rings (SSSR count). The average Bonchev–Trinajstić information content (AvgIpc) is 3.25. The normalized spacial score (nSPS) is 14.4. The second kappa shape index (κ2) is 7.15. The number of carbonyl (C=O) groups excluding carboxylic acids is 1. The van der Waals surface area contributed by atoms with Crippen LogP contribution in [0.3, 0.4) is 0 Å². The summed E-state index contributed by atoms with van der Waals surface area (Å²) in [7, 11) is 0. The molecule has 1 aliphatic rings. The van der Waals surface area contributed by atoms with Gasteiger partial charge in [0.1, 0.15) is 5.82 Å². The molecular formula is C20H23N5O. The zero-order valence-corrected chi connectivity index (χ0v) is 15.0. The molecule has 0 spiro atoms. The molecule has 1 amide bonds. The third-order valence-corrected chi connectivity index (χ3v) is 4.98. The molecular weight excluding hydrogens is 326 g/mol. The van der Waals surface area contributed by atoms with E-state index in [-0.39, 0.29) is 5.91 Å². The number of rotatable bonds is 6. The molecule has 134 valence electrons. The van der Waals surface area contributed by atoms with Gasteiger partial charge in [-0.25, -0.2) is 4.98 Å². The largest absolute Gasteiger partial charge is 0.341 e. The summed E-state index contributed by atoms with van der Waals surface area (Å²) in [6.07, 6.45) is 6.04. The molecule has 0 bridgehead atoms. The van der Waals surface area contributed by atoms with E-state index >= 15 is 0 Å². The van der Waals surface area contributed by atoms with Crippen molar-refractivity contribution in [2.45, 2.75) is 32.4 Å². The number of benzene rings is 1. The lowest BCUT2D eigenvalue weighted by atomic mass is 9.98. The first-order valence-electron chi connectivity index (χ1n) is 9.02. The Morgan fingerprint density at radius 3 is 2.73 bits per heavy atom. The molecule has 0 unspecified atom stereocenters. The maximum atomic E-state index is 12.3. The Labute approximate surface area is 153 Å². The number of carbonyl (C=O) groups is 1. The van der Waals surface area contributed by atoms with Gasteiger partial charge in [-0.2, -0.15) is 5.10 Å². The Morgan fingerprint density at radius 2 is 2.00 bits per heavy atom. The summed E-state index contributed by atoms with van der Waals surface area (Å²) in [6.45, 7) is 5.05. The molecule has 6 heteroatoms. The van der Waals surface area contributed by atoms with Crippen molar-refractivity contribution in [2.75, 3.05) is 13.1 Å². The van der Waals surface area contributed by atoms with Crippen molar-refractivity contribution in [3.8, 4) is 0 Å². The topological polar surface area (TPSA) is 56.0 Å². The Morgan fingerprint density at radius 1 is 1.19 bits per heavy atom. The number of hydrogen-bond acceptors (Lipinski definition) is 3. The minimum absolute atomic E-state index is 0.189. The molecule has 1 fully saturated rings. The van der Waals surface area contributed by atoms with Crippen LogP contribution in [0.4, 0.5) is 0 Å². The van der Waals surface area contributed by atoms with E-state index in [1.165, 1.54) is 5.56 Å². The Bertz CT molecular complexity index is 863. The van der Waals surface area contributed by atoms with Gasteiger partial charge in [0.25, 0.3) is 0 Å². The third kappa shape index (κ3) is 3.40. The summed E-state index contributed by atoms with van der Waals surface area (Å²) < 4.78 is 4.07. The molecule has 0 N–H and O–H groups in total. The van der Waals surface area contributed by atoms with Crippen LogP contribution >= 0.6 is 0 Å². The van der Waals surface area contributed by atoms with Gasteiger partial charge in [-0.3, -0.25) is 9.48 Å². The molecule has 0 radical (unpaired) electrons. The number of aromatic nitrogens is 4. The van der Waals surface area contributed by atoms with Crippen LogP contribution in [0.2, 0.25) is 0 Å². The second-order valence-electron chi connectivity index (χ2n) is 6.84. The zero-order chi connectivity index (χ0) is 17.9. The van der Waals surface area contributed by atoms with Crippen molar-refractivity contribution < 1.29 is 4.79 Å². The maximum Gasteiger partial charge on any atom is 0.224 e. The van der Waals surface area contributed by atoms with Crippen LogP contribution in [0.25, 0.3) is 0 Å². The van der Waals surface area contributed by atoms with Crippen LogP contribution in [0.15, 0.2) is 55.0 Å². The number of aryl methyl sites for hydroxylation is 2. The predicted molar refractivity (Wildman–Crippen MR) is 98.7 cm³/mol. The van der Waals surface area contributed by atoms with E-state index in [1.807, 2.05) is 29.4 Å². The van der Waals surface area contributed by atoms with Gasteiger partial charge < -0.3 is 9.47 Å². The Kier molecular flexibility index (Phi) is 4.56. The van der Waals surface area contributed by atoms with Gasteiger partial charge in [-0.05, 0) is 18.6 Å². The highest BCUT2D eigenvalue weighted by atomic mass is 16.2. The fraction of sp³-hybridized carbons (Fsp3) is 0.350. The van der Waals surface area contributed by atoms with Crippen LogP contribution in [0.1, 0.15) is 29.4 Å². The number of imidazole rings is 1. The summed E-state index contributed by atoms with van der Waals surface area (Å²) >= 11 is 0. The highest BCUT2D eigenvalue weighted by Gasteiger charge is 2.34. The van der Waals surface area contributed by atoms with Crippen molar-refractivity contribution in [1.82, 2.24) is 24.2 Å². The van der Waals surface area contributed by atoms with E-state index in [4.69, 9.17) is 0 Å². The van der Waals surface area contributed by atoms with Crippen molar-refractivity contribution in [2.24, 2.45) is 0 Å². The quantitative estimate of drug-likeness (QED) is 0.687. The predicted octanol–water partition coefficient (Wildman–Crippen LogP) is 2.45. The van der Waals surface area contributed by atoms with Crippen molar-refractivity contribution in [3.63, 3.8) is 0 Å². The first-order chi connectivity index (χ1) is 12.7. The van der Waals surface area contributed by atoms with E-state index in [2.05, 4.69) is 45.8 Å². The van der Waals surface area contributed by atoms with Crippen LogP contribution in [-0.2, 0) is 17.9 Å². The van der Waals surface area contributed by atoms with Gasteiger partial charge in [0, 0.05) is 56.9 Å². The van der Waals surface area contributed by atoms with Gasteiger partial charge in [-0.15, -0.1) is 0 Å². The maximum absolute atomic E-state index is 12.3. The second-order valence-corrected chi connectivity index (χ2v) is 6.84. The molecule has 0 aliphatic carbocycles. The zero-order valence-electron chi connectivity index (χ0n) is 15.0. The van der Waals surface area contributed by atoms with Crippen LogP contribution in [0.5, 0.6) is 0 Å². The fourth-order valence-electron chi connectivity index (χ4n) is 3.42. The van der Waals surface area contributed by atoms with Crippen LogP contribution < -0.4 is 0 Å². The van der Waals surface area contributed by atoms with E-state index in [0.29, 0.717) is 18.9 Å². The van der Waals surface area contributed by atoms with Crippen molar-refractivity contribution >= 4 is 5.91 Å². The van der Waals surface area contributed by atoms with Crippen LogP contribution in [-0.4, -0.2) is 43.2 Å². The van der Waals surface area contributed by atoms with E-state index in [1.54, 1.807) is 10.9 Å². The SMILES string of the molecule is Cc1cnc(C2CN(C(=O)CCn3cccn3)C2)n1Cc1ccccc1. The van der Waals surface area contributed by atoms with E-state index in [0.717, 1.165) is 31.2 Å². The van der Waals surface area contributed by atoms with Crippen molar-refractivity contribution in [1.29, 1.82) is 0 Å². The number of hydrogen-bond donors (Lipinski definition) is 0. The highest BCUT2D eigenvalue weighted by Crippen LogP contribution is 2.28. The van der Waals surface area contributed by atoms with E-state index in [9.17, 15) is 4.79 Å². The molecule has 2 aromatic heterocycles. The van der Waals surface area contributed by atoms with Crippen LogP contribution in [0, 0.1) is 6.92 Å². The van der Waals surface area contributed by atoms with Gasteiger partial charge in [0.15, 0.2) is 0 Å². The van der Waals surface area contributed by atoms with E-state index < -0.39 is 0 Å². The summed E-state index contributed by atoms with van der Waals surface area (Å²) in [5, 5.41) is 4.14. The van der Waals surface area contributed by atoms with Gasteiger partial charge in [-0.1, -0.05) is 30.3 Å². The third-order valence-electron chi connectivity index (χ3n) is 4.98. The highest BCUT2D eigenvalue weighted by molar-refractivity contribution is 5.77. The molecule has 1 aliphatic heterocycles. The Balaban J connectivity index is 1.36. The van der Waals surface area contributed by atoms with Gasteiger partial charge in [0.2, 0.25) is 5.91 Å². The summed E-state index contributed by atoms with van der Waals surface area (Å²) in [6, 6.07) is 12.3. The molecule has 6 nitrogen and oxygen atoms in total. The number of likely N-dealkylation sites (tertiary alicyclic amines) is 1. The summed E-state index contributed by atoms with van der Waals surface area (Å²) in [4.78, 5) is 18.9. The first-order valence-corrected chi connectivity index (χ1v) is 9.02. The molecule has 0 saturated carbocycles. The molecule has 1 aromatic carbocycles. The first kappa shape index (κ1) is 16.6. The summed E-state index contributed by atoms with van der Waals surface area (Å²) in [5.74, 6) is 1.60. The van der Waals surface area contributed by atoms with Gasteiger partial charge >= 0.3 is 0 Å². The molecule has 26 heavy (non-hydrogen) atoms. The molecule has 3 aromatic rings. The molecule has 3 heterocycles. The lowest BCUT2D eigenvalue weighted by molar-refractivity contribution is -0.136. The minimum atomic E-state index is 0.189. The average molecular weight is 349 g/mol. The summed E-state index contributed by atoms with van der Waals surface area (Å²) in [5.41, 5.74) is 2.42. The Hall–Kier alpha value is -2.89. The minimum Gasteiger partial charge on any atom is -0.341 e. The lowest BCUT2D eigenvalue weighted by Crippen LogP contribution is -2.49. The molecule has 0 atom stereocenters.